The Kier molecular flexibility index (Phi) is 4.82. The number of aromatic nitrogens is 4. The number of nitrogens with zero attached hydrogens (tertiary/aromatic N) is 3. The lowest BCUT2D eigenvalue weighted by molar-refractivity contribution is 0.0973. The van der Waals surface area contributed by atoms with Crippen LogP contribution in [0.1, 0.15) is 51.1 Å². The zero-order chi connectivity index (χ0) is 21.4. The SMILES string of the molecule is Cc1noc(C2=Cc3cc(-c4nc(C(=O)CCc5ccccc5)[nH]c4C)ccc3C2)n1. The number of nitrogens with one attached hydrogen (secondary N) is 1. The normalized spacial score (nSPS) is 12.6. The number of hydrogen-bond acceptors (Lipinski definition) is 5. The summed E-state index contributed by atoms with van der Waals surface area (Å²) < 4.78 is 5.31. The van der Waals surface area contributed by atoms with Crippen molar-refractivity contribution in [1.29, 1.82) is 0 Å². The van der Waals surface area contributed by atoms with E-state index in [2.05, 4.69) is 44.4 Å². The predicted octanol–water partition coefficient (Wildman–Crippen LogP) is 4.99. The second-order valence-corrected chi connectivity index (χ2v) is 7.87. The molecule has 31 heavy (non-hydrogen) atoms. The molecule has 6 heteroatoms. The van der Waals surface area contributed by atoms with Gasteiger partial charge in [-0.15, -0.1) is 0 Å². The van der Waals surface area contributed by atoms with Gasteiger partial charge >= 0.3 is 0 Å². The van der Waals surface area contributed by atoms with Crippen LogP contribution in [0.3, 0.4) is 0 Å². The van der Waals surface area contributed by atoms with E-state index in [4.69, 9.17) is 4.52 Å². The molecule has 0 saturated carbocycles. The lowest BCUT2D eigenvalue weighted by Crippen LogP contribution is -2.03. The molecule has 1 aliphatic carbocycles. The van der Waals surface area contributed by atoms with Crippen molar-refractivity contribution >= 4 is 17.4 Å². The van der Waals surface area contributed by atoms with Crippen molar-refractivity contribution < 1.29 is 9.32 Å². The van der Waals surface area contributed by atoms with Crippen LogP contribution in [-0.2, 0) is 12.8 Å². The van der Waals surface area contributed by atoms with Crippen molar-refractivity contribution in [3.8, 4) is 11.3 Å². The summed E-state index contributed by atoms with van der Waals surface area (Å²) in [5, 5.41) is 3.88. The first-order chi connectivity index (χ1) is 15.1. The summed E-state index contributed by atoms with van der Waals surface area (Å²) in [6.45, 7) is 3.76. The van der Waals surface area contributed by atoms with Gasteiger partial charge in [0.05, 0.1) is 5.69 Å². The number of hydrogen-bond donors (Lipinski definition) is 1. The summed E-state index contributed by atoms with van der Waals surface area (Å²) in [6, 6.07) is 16.3. The lowest BCUT2D eigenvalue weighted by Gasteiger charge is -2.03. The standard InChI is InChI=1S/C25H22N4O2/c1-15-23(28-24(26-15)22(30)11-8-17-6-4-3-5-7-17)19-10-9-18-12-21(14-20(18)13-19)25-27-16(2)29-31-25/h3-7,9-10,13-14H,8,11-12H2,1-2H3,(H,26,28). The van der Waals surface area contributed by atoms with Gasteiger partial charge < -0.3 is 9.51 Å². The van der Waals surface area contributed by atoms with E-state index in [1.165, 1.54) is 5.56 Å². The van der Waals surface area contributed by atoms with Crippen molar-refractivity contribution in [2.75, 3.05) is 0 Å². The Balaban J connectivity index is 1.36. The number of aromatic amines is 1. The highest BCUT2D eigenvalue weighted by atomic mass is 16.5. The maximum atomic E-state index is 12.7. The minimum Gasteiger partial charge on any atom is -0.339 e. The molecule has 0 amide bonds. The number of benzene rings is 2. The molecule has 0 radical (unpaired) electrons. The van der Waals surface area contributed by atoms with E-state index >= 15 is 0 Å². The highest BCUT2D eigenvalue weighted by Crippen LogP contribution is 2.34. The first-order valence-corrected chi connectivity index (χ1v) is 10.3. The van der Waals surface area contributed by atoms with Gasteiger partial charge in [0.15, 0.2) is 17.4 Å². The number of fused-ring (bicyclic) bond motifs is 1. The van der Waals surface area contributed by atoms with E-state index < -0.39 is 0 Å². The zero-order valence-corrected chi connectivity index (χ0v) is 17.5. The number of Topliss-reactive ketones (excluding diaryl/α,β-unsaturated/α-hetero) is 1. The average molecular weight is 410 g/mol. The van der Waals surface area contributed by atoms with Gasteiger partial charge in [0, 0.05) is 29.7 Å². The molecule has 6 nitrogen and oxygen atoms in total. The first kappa shape index (κ1) is 19.2. The summed E-state index contributed by atoms with van der Waals surface area (Å²) >= 11 is 0. The summed E-state index contributed by atoms with van der Waals surface area (Å²) in [5.41, 5.74) is 7.16. The van der Waals surface area contributed by atoms with Crippen molar-refractivity contribution in [3.05, 3.63) is 88.5 Å². The number of aryl methyl sites for hydroxylation is 3. The van der Waals surface area contributed by atoms with Crippen molar-refractivity contribution in [3.63, 3.8) is 0 Å². The van der Waals surface area contributed by atoms with Gasteiger partial charge in [0.2, 0.25) is 0 Å². The van der Waals surface area contributed by atoms with E-state index in [1.807, 2.05) is 44.2 Å². The van der Waals surface area contributed by atoms with Crippen LogP contribution in [0, 0.1) is 13.8 Å². The molecule has 2 heterocycles. The summed E-state index contributed by atoms with van der Waals surface area (Å²) in [7, 11) is 0. The molecule has 1 aliphatic rings. The second kappa shape index (κ2) is 7.80. The van der Waals surface area contributed by atoms with Crippen LogP contribution in [0.5, 0.6) is 0 Å². The third-order valence-electron chi connectivity index (χ3n) is 5.56. The summed E-state index contributed by atoms with van der Waals surface area (Å²) in [6.07, 6.45) is 3.98. The molecular formula is C25H22N4O2. The molecule has 154 valence electrons. The Hall–Kier alpha value is -3.80. The largest absolute Gasteiger partial charge is 0.339 e. The van der Waals surface area contributed by atoms with Crippen LogP contribution in [0.15, 0.2) is 53.1 Å². The van der Waals surface area contributed by atoms with Gasteiger partial charge in [-0.2, -0.15) is 4.98 Å². The molecule has 0 atom stereocenters. The van der Waals surface area contributed by atoms with Gasteiger partial charge in [0.1, 0.15) is 0 Å². The van der Waals surface area contributed by atoms with Crippen molar-refractivity contribution in [1.82, 2.24) is 20.1 Å². The number of carbonyl (C=O) groups is 1. The summed E-state index contributed by atoms with van der Waals surface area (Å²) in [4.78, 5) is 24.8. The molecule has 2 aromatic heterocycles. The van der Waals surface area contributed by atoms with E-state index in [9.17, 15) is 4.79 Å². The summed E-state index contributed by atoms with van der Waals surface area (Å²) in [5.74, 6) is 1.64. The molecular weight excluding hydrogens is 388 g/mol. The van der Waals surface area contributed by atoms with Crippen molar-refractivity contribution in [2.24, 2.45) is 0 Å². The molecule has 0 unspecified atom stereocenters. The fourth-order valence-electron chi connectivity index (χ4n) is 3.94. The molecule has 0 bridgehead atoms. The van der Waals surface area contributed by atoms with Gasteiger partial charge in [-0.3, -0.25) is 4.79 Å². The topological polar surface area (TPSA) is 84.7 Å². The lowest BCUT2D eigenvalue weighted by atomic mass is 10.0. The Bertz CT molecular complexity index is 1300. The van der Waals surface area contributed by atoms with Crippen molar-refractivity contribution in [2.45, 2.75) is 33.1 Å². The van der Waals surface area contributed by atoms with Gasteiger partial charge in [-0.1, -0.05) is 47.6 Å². The molecule has 1 N–H and O–H groups in total. The maximum Gasteiger partial charge on any atom is 0.254 e. The van der Waals surface area contributed by atoms with E-state index in [0.717, 1.165) is 40.1 Å². The number of allylic oxidation sites excluding steroid dienone is 1. The van der Waals surface area contributed by atoms with Crippen LogP contribution in [0.2, 0.25) is 0 Å². The second-order valence-electron chi connectivity index (χ2n) is 7.87. The number of rotatable bonds is 6. The monoisotopic (exact) mass is 410 g/mol. The molecule has 2 aromatic carbocycles. The number of imidazole rings is 1. The molecule has 4 aromatic rings. The molecule has 0 fully saturated rings. The van der Waals surface area contributed by atoms with Crippen LogP contribution < -0.4 is 0 Å². The highest BCUT2D eigenvalue weighted by molar-refractivity contribution is 5.94. The Morgan fingerprint density at radius 3 is 2.71 bits per heavy atom. The van der Waals surface area contributed by atoms with Crippen LogP contribution in [-0.4, -0.2) is 25.9 Å². The molecule has 0 spiro atoms. The smallest absolute Gasteiger partial charge is 0.254 e. The predicted molar refractivity (Wildman–Crippen MR) is 118 cm³/mol. The Labute approximate surface area is 180 Å². The Morgan fingerprint density at radius 2 is 1.94 bits per heavy atom. The third kappa shape index (κ3) is 3.84. The third-order valence-corrected chi connectivity index (χ3v) is 5.56. The number of carbonyl (C=O) groups excluding carboxylic acids is 1. The highest BCUT2D eigenvalue weighted by Gasteiger charge is 2.21. The fourth-order valence-corrected chi connectivity index (χ4v) is 3.94. The molecule has 0 saturated heterocycles. The zero-order valence-electron chi connectivity index (χ0n) is 17.5. The van der Waals surface area contributed by atoms with E-state index in [1.54, 1.807) is 0 Å². The fraction of sp³-hybridized carbons (Fsp3) is 0.200. The van der Waals surface area contributed by atoms with Gasteiger partial charge in [-0.05, 0) is 49.1 Å². The quantitative estimate of drug-likeness (QED) is 0.453. The van der Waals surface area contributed by atoms with Crippen LogP contribution in [0.25, 0.3) is 22.9 Å². The molecule has 5 rings (SSSR count). The number of H-pyrrole nitrogens is 1. The van der Waals surface area contributed by atoms with E-state index in [0.29, 0.717) is 30.4 Å². The van der Waals surface area contributed by atoms with Crippen LogP contribution >= 0.6 is 0 Å². The minimum absolute atomic E-state index is 0.0216. The first-order valence-electron chi connectivity index (χ1n) is 10.3. The Morgan fingerprint density at radius 1 is 1.10 bits per heavy atom. The van der Waals surface area contributed by atoms with Crippen LogP contribution in [0.4, 0.5) is 0 Å². The number of ketones is 1. The molecule has 0 aliphatic heterocycles. The van der Waals surface area contributed by atoms with Gasteiger partial charge in [0.25, 0.3) is 5.89 Å². The van der Waals surface area contributed by atoms with Gasteiger partial charge in [-0.25, -0.2) is 4.98 Å². The average Bonchev–Trinajstić information content (AvgIpc) is 3.50. The maximum absolute atomic E-state index is 12.7. The minimum atomic E-state index is 0.0216. The van der Waals surface area contributed by atoms with E-state index in [-0.39, 0.29) is 5.78 Å².